The van der Waals surface area contributed by atoms with Crippen LogP contribution in [0.3, 0.4) is 0 Å². The quantitative estimate of drug-likeness (QED) is 0.826. The lowest BCUT2D eigenvalue weighted by Gasteiger charge is -2.11. The van der Waals surface area contributed by atoms with Crippen molar-refractivity contribution in [1.82, 2.24) is 19.3 Å². The number of nitrogens with one attached hydrogen (secondary N) is 1. The van der Waals surface area contributed by atoms with Gasteiger partial charge in [-0.3, -0.25) is 0 Å². The molecule has 7 heteroatoms. The molecule has 0 amide bonds. The van der Waals surface area contributed by atoms with E-state index >= 15 is 0 Å². The van der Waals surface area contributed by atoms with Crippen molar-refractivity contribution in [2.75, 3.05) is 11.9 Å². The minimum atomic E-state index is 0.809. The molecular formula is C12H17N5S2. The van der Waals surface area contributed by atoms with E-state index in [9.17, 15) is 0 Å². The molecule has 0 unspecified atom stereocenters. The monoisotopic (exact) mass is 295 g/mol. The Morgan fingerprint density at radius 3 is 2.79 bits per heavy atom. The first-order valence-electron chi connectivity index (χ1n) is 6.30. The predicted octanol–water partition coefficient (Wildman–Crippen LogP) is 3.17. The summed E-state index contributed by atoms with van der Waals surface area (Å²) >= 11 is 2.97. The summed E-state index contributed by atoms with van der Waals surface area (Å²) in [6, 6.07) is 0. The van der Waals surface area contributed by atoms with Gasteiger partial charge in [-0.25, -0.2) is 15.0 Å². The van der Waals surface area contributed by atoms with Gasteiger partial charge in [-0.2, -0.15) is 4.37 Å². The second-order valence-corrected chi connectivity index (χ2v) is 5.98. The van der Waals surface area contributed by atoms with Gasteiger partial charge in [0.2, 0.25) is 0 Å². The van der Waals surface area contributed by atoms with Crippen molar-refractivity contribution in [3.8, 4) is 0 Å². The molecule has 2 rings (SSSR count). The molecule has 0 bridgehead atoms. The Bertz CT molecular complexity index is 541. The number of hydrogen-bond donors (Lipinski definition) is 1. The van der Waals surface area contributed by atoms with Gasteiger partial charge in [0.1, 0.15) is 23.0 Å². The zero-order valence-corrected chi connectivity index (χ0v) is 12.9. The molecule has 102 valence electrons. The van der Waals surface area contributed by atoms with Crippen LogP contribution in [0, 0.1) is 6.92 Å². The van der Waals surface area contributed by atoms with Gasteiger partial charge in [-0.15, -0.1) is 0 Å². The molecule has 0 aliphatic carbocycles. The van der Waals surface area contributed by atoms with E-state index in [-0.39, 0.29) is 0 Å². The summed E-state index contributed by atoms with van der Waals surface area (Å²) in [6.07, 6.45) is 3.58. The molecule has 5 nitrogen and oxygen atoms in total. The second kappa shape index (κ2) is 6.81. The van der Waals surface area contributed by atoms with Crippen LogP contribution in [-0.4, -0.2) is 25.9 Å². The molecule has 0 aliphatic rings. The lowest BCUT2D eigenvalue weighted by atomic mass is 10.2. The Morgan fingerprint density at radius 1 is 1.32 bits per heavy atom. The maximum atomic E-state index is 4.37. The first-order chi connectivity index (χ1) is 9.24. The van der Waals surface area contributed by atoms with Gasteiger partial charge in [0.05, 0.1) is 0 Å². The van der Waals surface area contributed by atoms with Crippen LogP contribution in [0.2, 0.25) is 0 Å². The van der Waals surface area contributed by atoms with Gasteiger partial charge in [-0.05, 0) is 43.1 Å². The normalized spacial score (nSPS) is 10.7. The molecule has 0 atom stereocenters. The van der Waals surface area contributed by atoms with E-state index in [1.54, 1.807) is 18.1 Å². The van der Waals surface area contributed by atoms with Crippen LogP contribution >= 0.6 is 23.3 Å². The average Bonchev–Trinajstić information content (AvgIpc) is 2.82. The third-order valence-electron chi connectivity index (χ3n) is 2.49. The van der Waals surface area contributed by atoms with Crippen LogP contribution in [-0.2, 0) is 6.42 Å². The Labute approximate surface area is 121 Å². The number of rotatable bonds is 6. The molecule has 2 aromatic rings. The van der Waals surface area contributed by atoms with Crippen LogP contribution in [0.4, 0.5) is 5.82 Å². The van der Waals surface area contributed by atoms with Gasteiger partial charge in [0, 0.05) is 12.1 Å². The van der Waals surface area contributed by atoms with E-state index in [0.29, 0.717) is 0 Å². The minimum Gasteiger partial charge on any atom is -0.370 e. The van der Waals surface area contributed by atoms with Crippen molar-refractivity contribution < 1.29 is 0 Å². The summed E-state index contributed by atoms with van der Waals surface area (Å²) in [4.78, 5) is 13.1. The maximum absolute atomic E-state index is 4.37. The van der Waals surface area contributed by atoms with E-state index < -0.39 is 0 Å². The van der Waals surface area contributed by atoms with Crippen LogP contribution in [0.15, 0.2) is 15.7 Å². The highest BCUT2D eigenvalue weighted by Gasteiger charge is 2.12. The van der Waals surface area contributed by atoms with Crippen molar-refractivity contribution in [2.24, 2.45) is 0 Å². The third kappa shape index (κ3) is 3.63. The van der Waals surface area contributed by atoms with Crippen molar-refractivity contribution in [2.45, 2.75) is 43.0 Å². The summed E-state index contributed by atoms with van der Waals surface area (Å²) in [5.74, 6) is 1.74. The summed E-state index contributed by atoms with van der Waals surface area (Å²) in [7, 11) is 0. The topological polar surface area (TPSA) is 63.6 Å². The van der Waals surface area contributed by atoms with E-state index in [4.69, 9.17) is 0 Å². The zero-order chi connectivity index (χ0) is 13.7. The smallest absolute Gasteiger partial charge is 0.176 e. The Morgan fingerprint density at radius 2 is 2.16 bits per heavy atom. The molecular weight excluding hydrogens is 278 g/mol. The third-order valence-corrected chi connectivity index (χ3v) is 4.38. The molecule has 2 heterocycles. The fourth-order valence-corrected chi connectivity index (χ4v) is 3.33. The molecule has 19 heavy (non-hydrogen) atoms. The highest BCUT2D eigenvalue weighted by Crippen LogP contribution is 2.32. The second-order valence-electron chi connectivity index (χ2n) is 4.00. The molecule has 0 aliphatic heterocycles. The Hall–Kier alpha value is -1.21. The SMILES string of the molecule is CCCNc1ncnc(Sc2nc(C)ns2)c1CC. The van der Waals surface area contributed by atoms with Crippen molar-refractivity contribution in [1.29, 1.82) is 0 Å². The first-order valence-corrected chi connectivity index (χ1v) is 7.89. The summed E-state index contributed by atoms with van der Waals surface area (Å²) in [6.45, 7) is 7.08. The Balaban J connectivity index is 2.24. The van der Waals surface area contributed by atoms with E-state index in [0.717, 1.165) is 46.0 Å². The zero-order valence-electron chi connectivity index (χ0n) is 11.3. The summed E-state index contributed by atoms with van der Waals surface area (Å²) in [5.41, 5.74) is 1.15. The minimum absolute atomic E-state index is 0.809. The largest absolute Gasteiger partial charge is 0.370 e. The number of aromatic nitrogens is 4. The lowest BCUT2D eigenvalue weighted by Crippen LogP contribution is -2.06. The maximum Gasteiger partial charge on any atom is 0.176 e. The molecule has 0 saturated carbocycles. The molecule has 0 saturated heterocycles. The molecule has 2 aromatic heterocycles. The Kier molecular flexibility index (Phi) is 5.09. The van der Waals surface area contributed by atoms with Crippen LogP contribution in [0.1, 0.15) is 31.7 Å². The summed E-state index contributed by atoms with van der Waals surface area (Å²) < 4.78 is 5.11. The molecule has 1 N–H and O–H groups in total. The summed E-state index contributed by atoms with van der Waals surface area (Å²) in [5, 5.41) is 4.31. The van der Waals surface area contributed by atoms with Gasteiger partial charge < -0.3 is 5.32 Å². The van der Waals surface area contributed by atoms with E-state index in [1.807, 2.05) is 6.92 Å². The highest BCUT2D eigenvalue weighted by molar-refractivity contribution is 8.00. The first kappa shape index (κ1) is 14.2. The van der Waals surface area contributed by atoms with E-state index in [2.05, 4.69) is 38.5 Å². The number of anilines is 1. The van der Waals surface area contributed by atoms with Gasteiger partial charge >= 0.3 is 0 Å². The van der Waals surface area contributed by atoms with Crippen LogP contribution in [0.25, 0.3) is 0 Å². The molecule has 0 radical (unpaired) electrons. The van der Waals surface area contributed by atoms with Crippen molar-refractivity contribution in [3.05, 3.63) is 17.7 Å². The van der Waals surface area contributed by atoms with Crippen LogP contribution < -0.4 is 5.32 Å². The van der Waals surface area contributed by atoms with Gasteiger partial charge in [0.25, 0.3) is 0 Å². The average molecular weight is 295 g/mol. The molecule has 0 fully saturated rings. The van der Waals surface area contributed by atoms with Crippen LogP contribution in [0.5, 0.6) is 0 Å². The van der Waals surface area contributed by atoms with E-state index in [1.165, 1.54) is 11.5 Å². The number of nitrogens with zero attached hydrogens (tertiary/aromatic N) is 4. The van der Waals surface area contributed by atoms with Gasteiger partial charge in [-0.1, -0.05) is 13.8 Å². The molecule has 0 aromatic carbocycles. The lowest BCUT2D eigenvalue weighted by molar-refractivity contribution is 0.910. The number of aryl methyl sites for hydroxylation is 1. The molecule has 0 spiro atoms. The van der Waals surface area contributed by atoms with Gasteiger partial charge in [0.15, 0.2) is 4.34 Å². The van der Waals surface area contributed by atoms with Crippen molar-refractivity contribution >= 4 is 29.1 Å². The number of hydrogen-bond acceptors (Lipinski definition) is 7. The highest BCUT2D eigenvalue weighted by atomic mass is 32.2. The fourth-order valence-electron chi connectivity index (χ4n) is 1.60. The van der Waals surface area contributed by atoms with Crippen molar-refractivity contribution in [3.63, 3.8) is 0 Å². The standard InChI is InChI=1S/C12H17N5S2/c1-4-6-13-10-9(5-2)11(15-7-14-10)18-12-16-8(3)17-19-12/h7H,4-6H2,1-3H3,(H,13,14,15). The predicted molar refractivity (Wildman–Crippen MR) is 79.0 cm³/mol. The fraction of sp³-hybridized carbons (Fsp3) is 0.500.